The molecule has 5 heteroatoms. The van der Waals surface area contributed by atoms with E-state index < -0.39 is 0 Å². The molecule has 0 aliphatic rings. The zero-order valence-corrected chi connectivity index (χ0v) is 27.6. The predicted octanol–water partition coefficient (Wildman–Crippen LogP) is 12.5. The third-order valence-corrected chi connectivity index (χ3v) is 10.7. The minimum absolute atomic E-state index is 0.652. The highest BCUT2D eigenvalue weighted by atomic mass is 32.1. The molecule has 3 heterocycles. The molecule has 0 N–H and O–H groups in total. The lowest BCUT2D eigenvalue weighted by Gasteiger charge is -2.09. The van der Waals surface area contributed by atoms with E-state index in [0.29, 0.717) is 17.5 Å². The monoisotopic (exact) mass is 657 g/mol. The molecule has 0 amide bonds. The van der Waals surface area contributed by atoms with Gasteiger partial charge >= 0.3 is 0 Å². The lowest BCUT2D eigenvalue weighted by Crippen LogP contribution is -2.00. The molecule has 0 radical (unpaired) electrons. The molecule has 10 aromatic rings. The van der Waals surface area contributed by atoms with Gasteiger partial charge in [0.25, 0.3) is 0 Å². The molecule has 0 unspecified atom stereocenters. The smallest absolute Gasteiger partial charge is 0.165 e. The number of benzene rings is 7. The number of rotatable bonds is 5. The number of fused-ring (bicyclic) bond motifs is 6. The molecule has 7 aromatic carbocycles. The van der Waals surface area contributed by atoms with Crippen LogP contribution >= 0.6 is 11.3 Å². The SMILES string of the molecule is c1ccc(-c2nc(-c3ccccc3)nc(-c3cccc4c3sc3c(-c5cccc6c5oc5c(-c7ccccc7)cccc56)cccc34)n2)cc1. The minimum Gasteiger partial charge on any atom is -0.455 e. The Labute approximate surface area is 292 Å². The summed E-state index contributed by atoms with van der Waals surface area (Å²) in [5.41, 5.74) is 9.15. The van der Waals surface area contributed by atoms with Gasteiger partial charge in [-0.25, -0.2) is 15.0 Å². The third-order valence-electron chi connectivity index (χ3n) is 9.36. The molecule has 0 spiro atoms. The molecule has 50 heavy (non-hydrogen) atoms. The minimum atomic E-state index is 0.652. The maximum atomic E-state index is 6.83. The van der Waals surface area contributed by atoms with E-state index in [9.17, 15) is 0 Å². The van der Waals surface area contributed by atoms with Crippen LogP contribution in [0.5, 0.6) is 0 Å². The summed E-state index contributed by atoms with van der Waals surface area (Å²) in [6, 6.07) is 56.6. The van der Waals surface area contributed by atoms with Crippen molar-refractivity contribution in [1.29, 1.82) is 0 Å². The van der Waals surface area contributed by atoms with Gasteiger partial charge in [-0.2, -0.15) is 0 Å². The second-order valence-electron chi connectivity index (χ2n) is 12.3. The summed E-state index contributed by atoms with van der Waals surface area (Å²) in [5.74, 6) is 1.96. The highest BCUT2D eigenvalue weighted by Gasteiger charge is 2.20. The van der Waals surface area contributed by atoms with Gasteiger partial charge in [0.2, 0.25) is 0 Å². The average molecular weight is 658 g/mol. The van der Waals surface area contributed by atoms with Crippen LogP contribution in [0.1, 0.15) is 0 Å². The molecule has 0 aliphatic heterocycles. The third kappa shape index (κ3) is 4.63. The fourth-order valence-corrected chi connectivity index (χ4v) is 8.35. The van der Waals surface area contributed by atoms with E-state index in [0.717, 1.165) is 65.6 Å². The van der Waals surface area contributed by atoms with Crippen molar-refractivity contribution in [2.45, 2.75) is 0 Å². The van der Waals surface area contributed by atoms with E-state index in [1.165, 1.54) is 15.5 Å². The molecular formula is C45H27N3OS. The van der Waals surface area contributed by atoms with Gasteiger partial charge in [-0.05, 0) is 11.6 Å². The quantitative estimate of drug-likeness (QED) is 0.185. The summed E-state index contributed by atoms with van der Waals surface area (Å²) in [6.45, 7) is 0. The Morgan fingerprint density at radius 1 is 0.320 bits per heavy atom. The molecule has 0 fully saturated rings. The van der Waals surface area contributed by atoms with Crippen LogP contribution in [-0.4, -0.2) is 15.0 Å². The summed E-state index contributed by atoms with van der Waals surface area (Å²) in [7, 11) is 0. The Bertz CT molecular complexity index is 2800. The lowest BCUT2D eigenvalue weighted by molar-refractivity contribution is 0.671. The van der Waals surface area contributed by atoms with Gasteiger partial charge in [0, 0.05) is 64.3 Å². The zero-order chi connectivity index (χ0) is 33.0. The van der Waals surface area contributed by atoms with E-state index in [1.54, 1.807) is 11.3 Å². The van der Waals surface area contributed by atoms with Crippen molar-refractivity contribution in [1.82, 2.24) is 15.0 Å². The first-order chi connectivity index (χ1) is 24.8. The van der Waals surface area contributed by atoms with Gasteiger partial charge in [0.05, 0.1) is 0 Å². The summed E-state index contributed by atoms with van der Waals surface area (Å²) >= 11 is 1.78. The van der Waals surface area contributed by atoms with E-state index >= 15 is 0 Å². The fourth-order valence-electron chi connectivity index (χ4n) is 7.01. The van der Waals surface area contributed by atoms with Crippen LogP contribution in [0, 0.1) is 0 Å². The number of nitrogens with zero attached hydrogens (tertiary/aromatic N) is 3. The Hall–Kier alpha value is -6.43. The molecular weight excluding hydrogens is 631 g/mol. The van der Waals surface area contributed by atoms with Crippen molar-refractivity contribution >= 4 is 53.4 Å². The first-order valence-electron chi connectivity index (χ1n) is 16.6. The molecule has 4 nitrogen and oxygen atoms in total. The fraction of sp³-hybridized carbons (Fsp3) is 0. The van der Waals surface area contributed by atoms with Gasteiger partial charge in [0.1, 0.15) is 11.2 Å². The van der Waals surface area contributed by atoms with Gasteiger partial charge in [-0.1, -0.05) is 158 Å². The van der Waals surface area contributed by atoms with Crippen molar-refractivity contribution in [3.05, 3.63) is 164 Å². The van der Waals surface area contributed by atoms with Crippen LogP contribution < -0.4 is 0 Å². The van der Waals surface area contributed by atoms with Crippen molar-refractivity contribution < 1.29 is 4.42 Å². The van der Waals surface area contributed by atoms with E-state index in [-0.39, 0.29) is 0 Å². The summed E-state index contributed by atoms with van der Waals surface area (Å²) in [5, 5.41) is 4.60. The molecule has 0 saturated carbocycles. The van der Waals surface area contributed by atoms with Crippen molar-refractivity contribution in [3.63, 3.8) is 0 Å². The van der Waals surface area contributed by atoms with Gasteiger partial charge in [-0.15, -0.1) is 11.3 Å². The van der Waals surface area contributed by atoms with Crippen molar-refractivity contribution in [3.8, 4) is 56.4 Å². The number of hydrogen-bond acceptors (Lipinski definition) is 5. The summed E-state index contributed by atoms with van der Waals surface area (Å²) in [6.07, 6.45) is 0. The number of hydrogen-bond donors (Lipinski definition) is 0. The second-order valence-corrected chi connectivity index (χ2v) is 13.4. The second kappa shape index (κ2) is 11.6. The Morgan fingerprint density at radius 2 is 0.740 bits per heavy atom. The molecule has 0 bridgehead atoms. The van der Waals surface area contributed by atoms with Gasteiger partial charge in [-0.3, -0.25) is 0 Å². The van der Waals surface area contributed by atoms with Crippen LogP contribution in [0.25, 0.3) is 98.5 Å². The Morgan fingerprint density at radius 3 is 1.32 bits per heavy atom. The number of para-hydroxylation sites is 2. The van der Waals surface area contributed by atoms with Crippen LogP contribution in [0.15, 0.2) is 168 Å². The maximum absolute atomic E-state index is 6.83. The van der Waals surface area contributed by atoms with Crippen LogP contribution in [0.3, 0.4) is 0 Å². The maximum Gasteiger partial charge on any atom is 0.165 e. The number of aromatic nitrogens is 3. The predicted molar refractivity (Wildman–Crippen MR) is 207 cm³/mol. The van der Waals surface area contributed by atoms with Gasteiger partial charge < -0.3 is 4.42 Å². The van der Waals surface area contributed by atoms with Crippen molar-refractivity contribution in [2.24, 2.45) is 0 Å². The summed E-state index contributed by atoms with van der Waals surface area (Å²) in [4.78, 5) is 15.1. The highest BCUT2D eigenvalue weighted by molar-refractivity contribution is 7.26. The van der Waals surface area contributed by atoms with Crippen LogP contribution in [0.4, 0.5) is 0 Å². The molecule has 3 aromatic heterocycles. The number of furan rings is 1. The first kappa shape index (κ1) is 28.6. The van der Waals surface area contributed by atoms with Crippen LogP contribution in [-0.2, 0) is 0 Å². The van der Waals surface area contributed by atoms with Crippen molar-refractivity contribution in [2.75, 3.05) is 0 Å². The molecule has 0 atom stereocenters. The summed E-state index contributed by atoms with van der Waals surface area (Å²) < 4.78 is 9.17. The lowest BCUT2D eigenvalue weighted by atomic mass is 9.99. The van der Waals surface area contributed by atoms with Crippen LogP contribution in [0.2, 0.25) is 0 Å². The van der Waals surface area contributed by atoms with E-state index in [4.69, 9.17) is 19.4 Å². The van der Waals surface area contributed by atoms with E-state index in [1.807, 2.05) is 66.7 Å². The largest absolute Gasteiger partial charge is 0.455 e. The van der Waals surface area contributed by atoms with E-state index in [2.05, 4.69) is 97.1 Å². The topological polar surface area (TPSA) is 51.8 Å². The first-order valence-corrected chi connectivity index (χ1v) is 17.4. The average Bonchev–Trinajstić information content (AvgIpc) is 3.78. The molecule has 234 valence electrons. The molecule has 0 aliphatic carbocycles. The number of thiophene rings is 1. The molecule has 10 rings (SSSR count). The molecule has 0 saturated heterocycles. The highest BCUT2D eigenvalue weighted by Crippen LogP contribution is 2.46. The normalized spacial score (nSPS) is 11.6. The Balaban J connectivity index is 1.19. The van der Waals surface area contributed by atoms with Gasteiger partial charge in [0.15, 0.2) is 17.5 Å². The standard InChI is InChI=1S/C45H27N3OS/c1-4-14-28(15-5-1)31-20-10-21-32-33-22-11-23-34(40(33)49-39(31)32)35-24-12-25-36-37-26-13-27-38(42(37)50-41(35)36)45-47-43(29-16-6-2-7-17-29)46-44(48-45)30-18-8-3-9-19-30/h1-27H. The zero-order valence-electron chi connectivity index (χ0n) is 26.7. The Kier molecular flexibility index (Phi) is 6.64.